The highest BCUT2D eigenvalue weighted by atomic mass is 32.1. The second-order valence-electron chi connectivity index (χ2n) is 6.73. The molecule has 1 amide bonds. The summed E-state index contributed by atoms with van der Waals surface area (Å²) < 4.78 is 11.4. The first-order valence-corrected chi connectivity index (χ1v) is 10.1. The largest absolute Gasteiger partial charge is 0.464 e. The number of amides is 1. The van der Waals surface area contributed by atoms with Crippen molar-refractivity contribution in [2.75, 3.05) is 6.54 Å². The molecule has 0 aliphatic heterocycles. The van der Waals surface area contributed by atoms with Gasteiger partial charge in [0.15, 0.2) is 0 Å². The molecule has 0 saturated heterocycles. The first-order valence-electron chi connectivity index (χ1n) is 9.25. The summed E-state index contributed by atoms with van der Waals surface area (Å²) in [6.45, 7) is 5.00. The van der Waals surface area contributed by atoms with Crippen LogP contribution in [0.3, 0.4) is 0 Å². The fraction of sp³-hybridized carbons (Fsp3) is 0.286. The summed E-state index contributed by atoms with van der Waals surface area (Å²) in [6.07, 6.45) is 2.80. The lowest BCUT2D eigenvalue weighted by atomic mass is 10.1. The van der Waals surface area contributed by atoms with E-state index in [1.807, 2.05) is 49.6 Å². The maximum absolute atomic E-state index is 12.9. The van der Waals surface area contributed by atoms with E-state index in [4.69, 9.17) is 8.83 Å². The molecule has 0 N–H and O–H groups in total. The topological polar surface area (TPSA) is 72.4 Å². The van der Waals surface area contributed by atoms with Crippen LogP contribution in [-0.2, 0) is 17.8 Å². The molecule has 0 fully saturated rings. The first-order chi connectivity index (χ1) is 13.6. The number of fused-ring (bicyclic) bond motifs is 1. The molecule has 28 heavy (non-hydrogen) atoms. The molecule has 1 aromatic carbocycles. The molecule has 0 unspecified atom stereocenters. The maximum atomic E-state index is 12.9. The molecule has 144 valence electrons. The minimum atomic E-state index is 0.0148. The van der Waals surface area contributed by atoms with Crippen molar-refractivity contribution in [1.29, 1.82) is 0 Å². The lowest BCUT2D eigenvalue weighted by Gasteiger charge is -2.20. The van der Waals surface area contributed by atoms with Crippen LogP contribution in [0.25, 0.3) is 21.7 Å². The van der Waals surface area contributed by atoms with Crippen LogP contribution >= 0.6 is 11.3 Å². The zero-order chi connectivity index (χ0) is 19.5. The van der Waals surface area contributed by atoms with Crippen molar-refractivity contribution in [3.05, 3.63) is 59.0 Å². The summed E-state index contributed by atoms with van der Waals surface area (Å²) in [5.74, 6) is 0.948. The fourth-order valence-electron chi connectivity index (χ4n) is 3.14. The molecule has 0 spiro atoms. The average molecular weight is 395 g/mol. The number of carbonyl (C=O) groups is 1. The molecule has 0 radical (unpaired) electrons. The van der Waals surface area contributed by atoms with Crippen LogP contribution in [-0.4, -0.2) is 27.5 Å². The smallest absolute Gasteiger partial charge is 0.257 e. The van der Waals surface area contributed by atoms with Gasteiger partial charge >= 0.3 is 0 Å². The van der Waals surface area contributed by atoms with Crippen molar-refractivity contribution in [2.45, 2.75) is 33.2 Å². The van der Waals surface area contributed by atoms with Gasteiger partial charge in [0.2, 0.25) is 11.8 Å². The Balaban J connectivity index is 1.49. The molecule has 4 aromatic rings. The van der Waals surface area contributed by atoms with Crippen LogP contribution in [0.4, 0.5) is 0 Å². The second-order valence-corrected chi connectivity index (χ2v) is 7.68. The van der Waals surface area contributed by atoms with Gasteiger partial charge in [-0.15, -0.1) is 21.5 Å². The van der Waals surface area contributed by atoms with Gasteiger partial charge in [-0.2, -0.15) is 0 Å². The molecular weight excluding hydrogens is 374 g/mol. The van der Waals surface area contributed by atoms with E-state index in [1.54, 1.807) is 22.5 Å². The number of hydrogen-bond donors (Lipinski definition) is 0. The number of hydrogen-bond acceptors (Lipinski definition) is 6. The molecule has 0 atom stereocenters. The Morgan fingerprint density at radius 2 is 2.14 bits per heavy atom. The number of benzene rings is 1. The van der Waals surface area contributed by atoms with Crippen LogP contribution in [0.1, 0.15) is 30.4 Å². The molecule has 6 nitrogen and oxygen atoms in total. The van der Waals surface area contributed by atoms with Gasteiger partial charge < -0.3 is 13.7 Å². The van der Waals surface area contributed by atoms with Crippen LogP contribution in [0.2, 0.25) is 0 Å². The maximum Gasteiger partial charge on any atom is 0.257 e. The van der Waals surface area contributed by atoms with Gasteiger partial charge in [-0.1, -0.05) is 25.1 Å². The highest BCUT2D eigenvalue weighted by molar-refractivity contribution is 7.13. The Bertz CT molecular complexity index is 1080. The number of nitrogens with zero attached hydrogens (tertiary/aromatic N) is 3. The third-order valence-corrected chi connectivity index (χ3v) is 5.38. The number of aryl methyl sites for hydroxylation is 1. The Labute approximate surface area is 166 Å². The lowest BCUT2D eigenvalue weighted by Crippen LogP contribution is -2.32. The number of rotatable bonds is 7. The van der Waals surface area contributed by atoms with E-state index in [9.17, 15) is 4.79 Å². The highest BCUT2D eigenvalue weighted by Gasteiger charge is 2.20. The zero-order valence-corrected chi connectivity index (χ0v) is 16.7. The summed E-state index contributed by atoms with van der Waals surface area (Å²) in [5, 5.41) is 11.1. The first kappa shape index (κ1) is 18.4. The van der Waals surface area contributed by atoms with Crippen LogP contribution in [0, 0.1) is 6.92 Å². The third-order valence-electron chi connectivity index (χ3n) is 4.52. The van der Waals surface area contributed by atoms with E-state index in [2.05, 4.69) is 10.2 Å². The van der Waals surface area contributed by atoms with Gasteiger partial charge in [-0.05, 0) is 36.4 Å². The van der Waals surface area contributed by atoms with E-state index in [0.717, 1.165) is 33.4 Å². The third kappa shape index (κ3) is 3.84. The monoisotopic (exact) mass is 395 g/mol. The van der Waals surface area contributed by atoms with Crippen molar-refractivity contribution in [3.63, 3.8) is 0 Å². The van der Waals surface area contributed by atoms with E-state index in [0.29, 0.717) is 24.9 Å². The molecule has 7 heteroatoms. The Morgan fingerprint density at radius 1 is 1.25 bits per heavy atom. The lowest BCUT2D eigenvalue weighted by molar-refractivity contribution is -0.131. The quantitative estimate of drug-likeness (QED) is 0.448. The average Bonchev–Trinajstić information content (AvgIpc) is 3.42. The standard InChI is InChI=1S/C21H21N3O3S/c1-3-8-24(12-19-22-23-21(27-19)18-5-4-9-28-18)20(25)11-15-13-26-17-10-14(2)6-7-16(15)17/h4-7,9-10,13H,3,8,11-12H2,1-2H3. The summed E-state index contributed by atoms with van der Waals surface area (Å²) in [4.78, 5) is 15.6. The predicted octanol–water partition coefficient (Wildman–Crippen LogP) is 4.83. The predicted molar refractivity (Wildman–Crippen MR) is 108 cm³/mol. The number of carbonyl (C=O) groups excluding carboxylic acids is 1. The molecule has 0 aliphatic carbocycles. The molecular formula is C21H21N3O3S. The van der Waals surface area contributed by atoms with E-state index < -0.39 is 0 Å². The van der Waals surface area contributed by atoms with E-state index in [-0.39, 0.29) is 12.3 Å². The molecule has 0 aliphatic rings. The van der Waals surface area contributed by atoms with Crippen LogP contribution in [0.15, 0.2) is 50.8 Å². The summed E-state index contributed by atoms with van der Waals surface area (Å²) in [6, 6.07) is 9.89. The van der Waals surface area contributed by atoms with Crippen molar-refractivity contribution in [1.82, 2.24) is 15.1 Å². The van der Waals surface area contributed by atoms with Gasteiger partial charge in [0, 0.05) is 17.5 Å². The van der Waals surface area contributed by atoms with Gasteiger partial charge in [0.25, 0.3) is 5.89 Å². The van der Waals surface area contributed by atoms with Gasteiger partial charge in [-0.25, -0.2) is 0 Å². The van der Waals surface area contributed by atoms with Crippen molar-refractivity contribution < 1.29 is 13.6 Å². The Hall–Kier alpha value is -2.93. The molecule has 3 aromatic heterocycles. The number of furan rings is 1. The normalized spacial score (nSPS) is 11.2. The number of thiophene rings is 1. The second kappa shape index (κ2) is 7.98. The SMILES string of the molecule is CCCN(Cc1nnc(-c2cccs2)o1)C(=O)Cc1coc2cc(C)ccc12. The minimum absolute atomic E-state index is 0.0148. The van der Waals surface area contributed by atoms with Crippen LogP contribution in [0.5, 0.6) is 0 Å². The Morgan fingerprint density at radius 3 is 2.93 bits per heavy atom. The minimum Gasteiger partial charge on any atom is -0.464 e. The number of aromatic nitrogens is 2. The highest BCUT2D eigenvalue weighted by Crippen LogP contribution is 2.25. The van der Waals surface area contributed by atoms with E-state index in [1.165, 1.54) is 0 Å². The Kier molecular flexibility index (Phi) is 5.25. The van der Waals surface area contributed by atoms with E-state index >= 15 is 0 Å². The van der Waals surface area contributed by atoms with Crippen molar-refractivity contribution >= 4 is 28.2 Å². The summed E-state index contributed by atoms with van der Waals surface area (Å²) in [5.41, 5.74) is 2.83. The molecule has 4 rings (SSSR count). The molecule has 0 saturated carbocycles. The van der Waals surface area contributed by atoms with Crippen LogP contribution < -0.4 is 0 Å². The summed E-state index contributed by atoms with van der Waals surface area (Å²) in [7, 11) is 0. The van der Waals surface area contributed by atoms with Gasteiger partial charge in [0.05, 0.1) is 24.1 Å². The molecule has 0 bridgehead atoms. The van der Waals surface area contributed by atoms with Crippen molar-refractivity contribution in [3.8, 4) is 10.8 Å². The van der Waals surface area contributed by atoms with Crippen molar-refractivity contribution in [2.24, 2.45) is 0 Å². The fourth-order valence-corrected chi connectivity index (χ4v) is 3.79. The van der Waals surface area contributed by atoms with Gasteiger partial charge in [0.1, 0.15) is 5.58 Å². The zero-order valence-electron chi connectivity index (χ0n) is 15.8. The molecule has 3 heterocycles. The summed E-state index contributed by atoms with van der Waals surface area (Å²) >= 11 is 1.54. The van der Waals surface area contributed by atoms with Gasteiger partial charge in [-0.3, -0.25) is 4.79 Å².